The van der Waals surface area contributed by atoms with E-state index in [1.54, 1.807) is 17.0 Å². The zero-order chi connectivity index (χ0) is 18.6. The van der Waals surface area contributed by atoms with Crippen molar-refractivity contribution in [1.82, 2.24) is 5.01 Å². The van der Waals surface area contributed by atoms with E-state index in [9.17, 15) is 4.39 Å². The Bertz CT molecular complexity index is 939. The molecule has 0 bridgehead atoms. The molecule has 1 fully saturated rings. The molecule has 1 aliphatic heterocycles. The first kappa shape index (κ1) is 18.0. The molecule has 0 aliphatic carbocycles. The molecule has 1 saturated heterocycles. The van der Waals surface area contributed by atoms with Crippen LogP contribution in [0.1, 0.15) is 11.1 Å². The fourth-order valence-corrected chi connectivity index (χ4v) is 3.80. The van der Waals surface area contributed by atoms with Crippen LogP contribution in [0.4, 0.5) is 4.39 Å². The minimum absolute atomic E-state index is 0.341. The van der Waals surface area contributed by atoms with E-state index < -0.39 is 0 Å². The van der Waals surface area contributed by atoms with E-state index in [0.717, 1.165) is 32.7 Å². The maximum Gasteiger partial charge on any atom is 0.133 e. The Balaban J connectivity index is 1.38. The van der Waals surface area contributed by atoms with Gasteiger partial charge in [0.05, 0.1) is 37.4 Å². The molecule has 0 radical (unpaired) electrons. The molecular weight excluding hydrogens is 361 g/mol. The number of nitrogens with one attached hydrogen (secondary N) is 1. The average molecular weight is 383 g/mol. The Morgan fingerprint density at radius 1 is 1.00 bits per heavy atom. The van der Waals surface area contributed by atoms with Gasteiger partial charge in [-0.1, -0.05) is 60.1 Å². The number of rotatable bonds is 4. The maximum atomic E-state index is 13.8. The van der Waals surface area contributed by atoms with Crippen molar-refractivity contribution in [2.45, 2.75) is 6.54 Å². The third kappa shape index (κ3) is 4.12. The molecule has 0 saturated carbocycles. The van der Waals surface area contributed by atoms with Crippen molar-refractivity contribution in [2.24, 2.45) is 5.10 Å². The quantitative estimate of drug-likeness (QED) is 0.686. The predicted molar refractivity (Wildman–Crippen MR) is 109 cm³/mol. The van der Waals surface area contributed by atoms with Gasteiger partial charge in [-0.15, -0.1) is 0 Å². The zero-order valence-corrected chi connectivity index (χ0v) is 15.8. The topological polar surface area (TPSA) is 20.0 Å². The molecule has 27 heavy (non-hydrogen) atoms. The van der Waals surface area contributed by atoms with Crippen LogP contribution in [-0.2, 0) is 6.54 Å². The Kier molecular flexibility index (Phi) is 5.37. The summed E-state index contributed by atoms with van der Waals surface area (Å²) in [6.45, 7) is 4.72. The van der Waals surface area contributed by atoms with Gasteiger partial charge < -0.3 is 4.90 Å². The van der Waals surface area contributed by atoms with Crippen molar-refractivity contribution >= 4 is 28.6 Å². The van der Waals surface area contributed by atoms with E-state index in [4.69, 9.17) is 11.6 Å². The molecule has 3 aromatic carbocycles. The number of halogens is 2. The Morgan fingerprint density at radius 3 is 2.56 bits per heavy atom. The number of benzene rings is 3. The minimum Gasteiger partial charge on any atom is -0.328 e. The van der Waals surface area contributed by atoms with Crippen molar-refractivity contribution < 1.29 is 9.29 Å². The molecule has 1 aliphatic rings. The van der Waals surface area contributed by atoms with Gasteiger partial charge in [-0.3, -0.25) is 5.01 Å². The molecule has 3 nitrogen and oxygen atoms in total. The number of hydrazone groups is 1. The van der Waals surface area contributed by atoms with Gasteiger partial charge >= 0.3 is 0 Å². The Morgan fingerprint density at radius 2 is 1.74 bits per heavy atom. The molecule has 1 N–H and O–H groups in total. The van der Waals surface area contributed by atoms with E-state index >= 15 is 0 Å². The largest absolute Gasteiger partial charge is 0.328 e. The number of hydrogen-bond donors (Lipinski definition) is 1. The van der Waals surface area contributed by atoms with Gasteiger partial charge in [-0.05, 0) is 22.9 Å². The number of piperazine rings is 1. The summed E-state index contributed by atoms with van der Waals surface area (Å²) < 4.78 is 13.8. The second kappa shape index (κ2) is 8.07. The van der Waals surface area contributed by atoms with Crippen LogP contribution in [0.3, 0.4) is 0 Å². The highest BCUT2D eigenvalue weighted by Crippen LogP contribution is 2.18. The summed E-state index contributed by atoms with van der Waals surface area (Å²) in [4.78, 5) is 1.54. The second-order valence-corrected chi connectivity index (χ2v) is 7.31. The highest BCUT2D eigenvalue weighted by atomic mass is 35.5. The molecule has 0 amide bonds. The van der Waals surface area contributed by atoms with Crippen molar-refractivity contribution in [3.63, 3.8) is 0 Å². The van der Waals surface area contributed by atoms with Crippen molar-refractivity contribution in [3.05, 3.63) is 82.6 Å². The smallest absolute Gasteiger partial charge is 0.133 e. The summed E-state index contributed by atoms with van der Waals surface area (Å²) in [6, 6.07) is 19.7. The highest BCUT2D eigenvalue weighted by molar-refractivity contribution is 6.33. The van der Waals surface area contributed by atoms with Gasteiger partial charge in [-0.25, -0.2) is 4.39 Å². The Labute approximate surface area is 163 Å². The zero-order valence-electron chi connectivity index (χ0n) is 15.0. The summed E-state index contributed by atoms with van der Waals surface area (Å²) in [5.41, 5.74) is 1.74. The molecule has 0 aromatic heterocycles. The average Bonchev–Trinajstić information content (AvgIpc) is 2.69. The molecule has 5 heteroatoms. The molecule has 0 atom stereocenters. The van der Waals surface area contributed by atoms with Crippen molar-refractivity contribution in [3.8, 4) is 0 Å². The van der Waals surface area contributed by atoms with Crippen LogP contribution >= 0.6 is 11.6 Å². The third-order valence-electron chi connectivity index (χ3n) is 5.12. The van der Waals surface area contributed by atoms with Crippen molar-refractivity contribution in [1.29, 1.82) is 0 Å². The van der Waals surface area contributed by atoms with E-state index in [1.165, 1.54) is 28.6 Å². The third-order valence-corrected chi connectivity index (χ3v) is 5.45. The van der Waals surface area contributed by atoms with Gasteiger partial charge in [0.15, 0.2) is 0 Å². The lowest BCUT2D eigenvalue weighted by Crippen LogP contribution is -3.13. The predicted octanol–water partition coefficient (Wildman–Crippen LogP) is 3.37. The lowest BCUT2D eigenvalue weighted by molar-refractivity contribution is -0.918. The fourth-order valence-electron chi connectivity index (χ4n) is 3.59. The van der Waals surface area contributed by atoms with Gasteiger partial charge in [0, 0.05) is 11.1 Å². The number of nitrogens with zero attached hydrogens (tertiary/aromatic N) is 2. The molecule has 138 valence electrons. The molecule has 3 aromatic rings. The van der Waals surface area contributed by atoms with Crippen LogP contribution in [0.15, 0.2) is 65.8 Å². The molecule has 4 rings (SSSR count). The molecule has 0 unspecified atom stereocenters. The van der Waals surface area contributed by atoms with Gasteiger partial charge in [0.2, 0.25) is 0 Å². The molecule has 1 heterocycles. The first-order valence-electron chi connectivity index (χ1n) is 9.24. The first-order chi connectivity index (χ1) is 13.2. The fraction of sp³-hybridized carbons (Fsp3) is 0.227. The van der Waals surface area contributed by atoms with Gasteiger partial charge in [0.1, 0.15) is 12.4 Å². The van der Waals surface area contributed by atoms with Crippen LogP contribution in [0.25, 0.3) is 10.8 Å². The molecular formula is C22H22ClFN3+. The number of hydrogen-bond acceptors (Lipinski definition) is 2. The lowest BCUT2D eigenvalue weighted by atomic mass is 10.0. The van der Waals surface area contributed by atoms with Crippen LogP contribution < -0.4 is 4.90 Å². The monoisotopic (exact) mass is 382 g/mol. The van der Waals surface area contributed by atoms with Gasteiger partial charge in [0.25, 0.3) is 0 Å². The van der Waals surface area contributed by atoms with E-state index in [0.29, 0.717) is 10.6 Å². The summed E-state index contributed by atoms with van der Waals surface area (Å²) >= 11 is 6.05. The summed E-state index contributed by atoms with van der Waals surface area (Å²) in [5.74, 6) is -0.341. The standard InChI is InChI=1S/C22H21ClFN3/c23-21-9-4-10-22(24)20(21)15-25-27-13-11-26(12-14-27)16-18-7-3-6-17-5-1-2-8-19(17)18/h1-10,15H,11-14,16H2/p+1/b25-15-. The van der Waals surface area contributed by atoms with Crippen LogP contribution in [0.2, 0.25) is 5.02 Å². The normalized spacial score (nSPS) is 15.7. The summed E-state index contributed by atoms with van der Waals surface area (Å²) in [5, 5.41) is 9.45. The van der Waals surface area contributed by atoms with E-state index in [-0.39, 0.29) is 5.82 Å². The number of fused-ring (bicyclic) bond motifs is 1. The first-order valence-corrected chi connectivity index (χ1v) is 9.61. The van der Waals surface area contributed by atoms with Crippen LogP contribution in [-0.4, -0.2) is 37.4 Å². The Hall–Kier alpha value is -2.43. The maximum absolute atomic E-state index is 13.8. The summed E-state index contributed by atoms with van der Waals surface area (Å²) in [6.07, 6.45) is 1.54. The van der Waals surface area contributed by atoms with Crippen LogP contribution in [0, 0.1) is 5.82 Å². The van der Waals surface area contributed by atoms with Crippen LogP contribution in [0.5, 0.6) is 0 Å². The second-order valence-electron chi connectivity index (χ2n) is 6.90. The SMILES string of the molecule is Fc1cccc(Cl)c1/C=N\N1CC[NH+](Cc2cccc3ccccc23)CC1. The van der Waals surface area contributed by atoms with Crippen molar-refractivity contribution in [2.75, 3.05) is 26.2 Å². The molecule has 0 spiro atoms. The van der Waals surface area contributed by atoms with E-state index in [2.05, 4.69) is 47.6 Å². The van der Waals surface area contributed by atoms with Gasteiger partial charge in [-0.2, -0.15) is 5.10 Å². The minimum atomic E-state index is -0.341. The van der Waals surface area contributed by atoms with E-state index in [1.807, 2.05) is 5.01 Å². The summed E-state index contributed by atoms with van der Waals surface area (Å²) in [7, 11) is 0. The number of quaternary nitrogens is 1. The highest BCUT2D eigenvalue weighted by Gasteiger charge is 2.19. The lowest BCUT2D eigenvalue weighted by Gasteiger charge is -2.30.